The Morgan fingerprint density at radius 3 is 1.43 bits per heavy atom. The largest absolute Gasteiger partial charge is 0.455 e. The molecule has 2 heteroatoms. The van der Waals surface area contributed by atoms with Crippen LogP contribution in [0.1, 0.15) is 0 Å². The Labute approximate surface area is 335 Å². The lowest BCUT2D eigenvalue weighted by Gasteiger charge is -2.29. The molecule has 0 radical (unpaired) electrons. The predicted octanol–water partition coefficient (Wildman–Crippen LogP) is 16.2. The number of furan rings is 1. The van der Waals surface area contributed by atoms with Crippen molar-refractivity contribution in [1.29, 1.82) is 0 Å². The molecule has 0 N–H and O–H groups in total. The minimum Gasteiger partial charge on any atom is -0.455 e. The summed E-state index contributed by atoms with van der Waals surface area (Å²) in [6.07, 6.45) is 0. The fourth-order valence-corrected chi connectivity index (χ4v) is 9.28. The van der Waals surface area contributed by atoms with Crippen LogP contribution in [0, 0.1) is 0 Å². The van der Waals surface area contributed by atoms with Crippen molar-refractivity contribution in [2.24, 2.45) is 0 Å². The van der Waals surface area contributed by atoms with Crippen molar-refractivity contribution in [1.82, 2.24) is 0 Å². The van der Waals surface area contributed by atoms with Crippen molar-refractivity contribution in [3.63, 3.8) is 0 Å². The molecular formula is C56H35NO. The van der Waals surface area contributed by atoms with Crippen LogP contribution in [-0.4, -0.2) is 0 Å². The highest BCUT2D eigenvalue weighted by molar-refractivity contribution is 6.23. The molecule has 270 valence electrons. The molecule has 0 saturated carbocycles. The Hall–Kier alpha value is -7.68. The molecule has 0 unspecified atom stereocenters. The van der Waals surface area contributed by atoms with Gasteiger partial charge in [0.15, 0.2) is 0 Å². The summed E-state index contributed by atoms with van der Waals surface area (Å²) in [5, 5.41) is 14.4. The molecule has 11 aromatic carbocycles. The number of nitrogens with zero attached hydrogens (tertiary/aromatic N) is 1. The average Bonchev–Trinajstić information content (AvgIpc) is 3.70. The van der Waals surface area contributed by atoms with Gasteiger partial charge in [-0.15, -0.1) is 0 Å². The number of rotatable bonds is 5. The van der Waals surface area contributed by atoms with Crippen LogP contribution in [0.5, 0.6) is 0 Å². The zero-order chi connectivity index (χ0) is 38.2. The average molecular weight is 738 g/mol. The van der Waals surface area contributed by atoms with Gasteiger partial charge in [0, 0.05) is 21.8 Å². The second kappa shape index (κ2) is 12.9. The summed E-state index contributed by atoms with van der Waals surface area (Å²) in [5.74, 6) is 0. The summed E-state index contributed by atoms with van der Waals surface area (Å²) in [7, 11) is 0. The van der Waals surface area contributed by atoms with Crippen molar-refractivity contribution >= 4 is 92.9 Å². The Balaban J connectivity index is 1.04. The maximum Gasteiger partial charge on any atom is 0.145 e. The third-order valence-electron chi connectivity index (χ3n) is 12.0. The lowest BCUT2D eigenvalue weighted by atomic mass is 9.92. The zero-order valence-corrected chi connectivity index (χ0v) is 31.6. The smallest absolute Gasteiger partial charge is 0.145 e. The molecule has 0 saturated heterocycles. The van der Waals surface area contributed by atoms with Gasteiger partial charge in [-0.2, -0.15) is 0 Å². The van der Waals surface area contributed by atoms with Gasteiger partial charge in [0.25, 0.3) is 0 Å². The third-order valence-corrected chi connectivity index (χ3v) is 12.0. The molecule has 0 spiro atoms. The lowest BCUT2D eigenvalue weighted by molar-refractivity contribution is 0.672. The quantitative estimate of drug-likeness (QED) is 0.164. The van der Waals surface area contributed by atoms with Gasteiger partial charge < -0.3 is 9.32 Å². The van der Waals surface area contributed by atoms with Crippen molar-refractivity contribution in [3.05, 3.63) is 212 Å². The number of para-hydroxylation sites is 1. The minimum absolute atomic E-state index is 0.883. The molecule has 0 aliphatic heterocycles. The van der Waals surface area contributed by atoms with Crippen molar-refractivity contribution in [2.75, 3.05) is 4.90 Å². The topological polar surface area (TPSA) is 16.4 Å². The number of hydrogen-bond donors (Lipinski definition) is 0. The van der Waals surface area contributed by atoms with E-state index in [0.29, 0.717) is 0 Å². The van der Waals surface area contributed by atoms with E-state index < -0.39 is 0 Å². The number of anilines is 3. The third kappa shape index (κ3) is 5.05. The van der Waals surface area contributed by atoms with Crippen molar-refractivity contribution < 1.29 is 4.42 Å². The van der Waals surface area contributed by atoms with Gasteiger partial charge in [-0.3, -0.25) is 0 Å². The van der Waals surface area contributed by atoms with E-state index in [-0.39, 0.29) is 0 Å². The monoisotopic (exact) mass is 737 g/mol. The zero-order valence-electron chi connectivity index (χ0n) is 31.6. The highest BCUT2D eigenvalue weighted by Crippen LogP contribution is 2.48. The van der Waals surface area contributed by atoms with E-state index in [1.807, 2.05) is 0 Å². The summed E-state index contributed by atoms with van der Waals surface area (Å²) in [6, 6.07) is 77.0. The van der Waals surface area contributed by atoms with E-state index in [9.17, 15) is 0 Å². The van der Waals surface area contributed by atoms with Crippen LogP contribution in [-0.2, 0) is 0 Å². The number of fused-ring (bicyclic) bond motifs is 11. The summed E-state index contributed by atoms with van der Waals surface area (Å²) in [6.45, 7) is 0. The van der Waals surface area contributed by atoms with E-state index in [2.05, 4.69) is 217 Å². The first-order valence-corrected chi connectivity index (χ1v) is 19.9. The molecule has 12 rings (SSSR count). The second-order valence-electron chi connectivity index (χ2n) is 15.2. The van der Waals surface area contributed by atoms with E-state index in [0.717, 1.165) is 49.8 Å². The van der Waals surface area contributed by atoms with Crippen LogP contribution >= 0.6 is 0 Å². The maximum atomic E-state index is 6.72. The molecule has 0 aliphatic carbocycles. The van der Waals surface area contributed by atoms with E-state index in [1.165, 1.54) is 65.3 Å². The first-order chi connectivity index (χ1) is 28.8. The van der Waals surface area contributed by atoms with Crippen LogP contribution in [0.3, 0.4) is 0 Å². The lowest BCUT2D eigenvalue weighted by Crippen LogP contribution is -2.11. The highest BCUT2D eigenvalue weighted by Gasteiger charge is 2.24. The summed E-state index contributed by atoms with van der Waals surface area (Å²) in [5.41, 5.74) is 9.87. The normalized spacial score (nSPS) is 11.8. The highest BCUT2D eigenvalue weighted by atomic mass is 16.3. The first-order valence-electron chi connectivity index (χ1n) is 19.9. The van der Waals surface area contributed by atoms with Crippen LogP contribution in [0.4, 0.5) is 17.1 Å². The number of benzene rings is 11. The molecule has 0 atom stereocenters. The van der Waals surface area contributed by atoms with Gasteiger partial charge in [-0.1, -0.05) is 176 Å². The van der Waals surface area contributed by atoms with Crippen LogP contribution in [0.2, 0.25) is 0 Å². The van der Waals surface area contributed by atoms with Gasteiger partial charge in [-0.25, -0.2) is 0 Å². The van der Waals surface area contributed by atoms with Crippen molar-refractivity contribution in [3.8, 4) is 22.3 Å². The van der Waals surface area contributed by atoms with Crippen LogP contribution < -0.4 is 4.90 Å². The van der Waals surface area contributed by atoms with E-state index >= 15 is 0 Å². The Morgan fingerprint density at radius 1 is 0.310 bits per heavy atom. The second-order valence-corrected chi connectivity index (χ2v) is 15.2. The fraction of sp³-hybridized carbons (Fsp3) is 0. The predicted molar refractivity (Wildman–Crippen MR) is 247 cm³/mol. The Bertz CT molecular complexity index is 3560. The Kier molecular flexibility index (Phi) is 7.26. The van der Waals surface area contributed by atoms with E-state index in [1.54, 1.807) is 0 Å². The number of hydrogen-bond acceptors (Lipinski definition) is 2. The summed E-state index contributed by atoms with van der Waals surface area (Å²) in [4.78, 5) is 2.45. The molecular weight excluding hydrogens is 703 g/mol. The van der Waals surface area contributed by atoms with Gasteiger partial charge in [0.05, 0.1) is 16.8 Å². The molecule has 1 aromatic heterocycles. The SMILES string of the molecule is c1ccc2c(c1)cc(-c1ccc(-c3ccc(N(c4cc5ccccc5c5ccccc45)c4cc5ccccc5c5oc6ccccc6c45)cc3)cc1)c1ccccc12. The minimum atomic E-state index is 0.883. The van der Waals surface area contributed by atoms with E-state index in [4.69, 9.17) is 4.42 Å². The molecule has 0 bridgehead atoms. The fourth-order valence-electron chi connectivity index (χ4n) is 9.28. The standard InChI is InChI=1S/C56H35NO/c1-4-16-43-39(13-1)33-51(48-21-8-7-19-46(43)48)38-27-25-36(26-28-38)37-29-31-42(32-30-37)57(52-34-40-14-2-5-17-44(40)47-20-9-10-22-49(47)52)53-35-41-15-3-6-18-45(41)56-55(53)50-23-11-12-24-54(50)58-56/h1-35H. The van der Waals surface area contributed by atoms with Gasteiger partial charge in [-0.05, 0) is 102 Å². The molecule has 0 aliphatic rings. The maximum absolute atomic E-state index is 6.72. The molecule has 1 heterocycles. The molecule has 2 nitrogen and oxygen atoms in total. The summed E-state index contributed by atoms with van der Waals surface area (Å²) < 4.78 is 6.72. The van der Waals surface area contributed by atoms with Gasteiger partial charge in [0.1, 0.15) is 11.2 Å². The molecule has 12 aromatic rings. The molecule has 58 heavy (non-hydrogen) atoms. The molecule has 0 fully saturated rings. The van der Waals surface area contributed by atoms with Crippen LogP contribution in [0.25, 0.3) is 98.1 Å². The summed E-state index contributed by atoms with van der Waals surface area (Å²) >= 11 is 0. The Morgan fingerprint density at radius 2 is 0.759 bits per heavy atom. The first kappa shape index (κ1) is 32.6. The molecule has 0 amide bonds. The van der Waals surface area contributed by atoms with Gasteiger partial charge in [0.2, 0.25) is 0 Å². The van der Waals surface area contributed by atoms with Crippen LogP contribution in [0.15, 0.2) is 217 Å². The van der Waals surface area contributed by atoms with Crippen molar-refractivity contribution in [2.45, 2.75) is 0 Å². The van der Waals surface area contributed by atoms with Gasteiger partial charge >= 0.3 is 0 Å².